The lowest BCUT2D eigenvalue weighted by molar-refractivity contribution is 0.0526. The minimum absolute atomic E-state index is 0.111. The Morgan fingerprint density at radius 1 is 1.07 bits per heavy atom. The molecule has 2 aromatic heterocycles. The number of esters is 2. The molecule has 1 aromatic carbocycles. The van der Waals surface area contributed by atoms with Crippen LogP contribution in [0.25, 0.3) is 0 Å². The van der Waals surface area contributed by atoms with Gasteiger partial charge in [-0.25, -0.2) is 24.5 Å². The van der Waals surface area contributed by atoms with E-state index in [2.05, 4.69) is 25.3 Å². The molecule has 0 saturated heterocycles. The van der Waals surface area contributed by atoms with Crippen LogP contribution in [0.1, 0.15) is 27.8 Å². The van der Waals surface area contributed by atoms with E-state index in [1.807, 2.05) is 6.26 Å². The molecular formula is C19H17N5O4S. The second-order valence-electron chi connectivity index (χ2n) is 5.47. The predicted octanol–water partition coefficient (Wildman–Crippen LogP) is 3.13. The van der Waals surface area contributed by atoms with E-state index in [9.17, 15) is 9.59 Å². The van der Waals surface area contributed by atoms with Crippen LogP contribution in [0.4, 0.5) is 11.5 Å². The summed E-state index contributed by atoms with van der Waals surface area (Å²) in [4.78, 5) is 40.4. The van der Waals surface area contributed by atoms with Gasteiger partial charge in [0.2, 0.25) is 0 Å². The minimum atomic E-state index is -0.608. The van der Waals surface area contributed by atoms with Crippen molar-refractivity contribution in [2.75, 3.05) is 18.2 Å². The zero-order valence-electron chi connectivity index (χ0n) is 15.7. The maximum absolute atomic E-state index is 12.1. The first-order valence-corrected chi connectivity index (χ1v) is 9.76. The van der Waals surface area contributed by atoms with Gasteiger partial charge in [0, 0.05) is 24.3 Å². The lowest BCUT2D eigenvalue weighted by Crippen LogP contribution is -2.11. The number of carbonyl (C=O) groups excluding carboxylic acids is 2. The number of nitrogens with one attached hydrogen (secondary N) is 1. The van der Waals surface area contributed by atoms with E-state index >= 15 is 0 Å². The third-order valence-corrected chi connectivity index (χ3v) is 4.11. The van der Waals surface area contributed by atoms with E-state index in [1.54, 1.807) is 31.2 Å². The second kappa shape index (κ2) is 9.60. The van der Waals surface area contributed by atoms with Crippen molar-refractivity contribution in [1.29, 1.82) is 0 Å². The fraction of sp³-hybridized carbons (Fsp3) is 0.158. The molecule has 0 aliphatic rings. The van der Waals surface area contributed by atoms with E-state index in [1.165, 1.54) is 36.5 Å². The Morgan fingerprint density at radius 2 is 1.86 bits per heavy atom. The third-order valence-electron chi connectivity index (χ3n) is 3.54. The van der Waals surface area contributed by atoms with Gasteiger partial charge in [0.15, 0.2) is 10.9 Å². The molecule has 0 atom stereocenters. The zero-order chi connectivity index (χ0) is 20.6. The van der Waals surface area contributed by atoms with Crippen molar-refractivity contribution in [3.63, 3.8) is 0 Å². The Bertz CT molecular complexity index is 999. The fourth-order valence-corrected chi connectivity index (χ4v) is 2.57. The van der Waals surface area contributed by atoms with Crippen molar-refractivity contribution in [1.82, 2.24) is 19.9 Å². The van der Waals surface area contributed by atoms with Gasteiger partial charge in [-0.15, -0.1) is 0 Å². The molecule has 3 rings (SSSR count). The van der Waals surface area contributed by atoms with Crippen LogP contribution in [0.15, 0.2) is 54.2 Å². The van der Waals surface area contributed by atoms with Crippen molar-refractivity contribution in [2.45, 2.75) is 12.1 Å². The lowest BCUT2D eigenvalue weighted by atomic mass is 10.2. The molecular weight excluding hydrogens is 394 g/mol. The van der Waals surface area contributed by atoms with Crippen molar-refractivity contribution in [3.8, 4) is 5.75 Å². The molecule has 0 aliphatic carbocycles. The number of aromatic nitrogens is 4. The first-order chi connectivity index (χ1) is 14.1. The topological polar surface area (TPSA) is 116 Å². The van der Waals surface area contributed by atoms with Crippen LogP contribution in [0, 0.1) is 0 Å². The Hall–Kier alpha value is -3.53. The van der Waals surface area contributed by atoms with Gasteiger partial charge >= 0.3 is 11.9 Å². The molecule has 0 unspecified atom stereocenters. The minimum Gasteiger partial charge on any atom is -0.462 e. The van der Waals surface area contributed by atoms with Crippen molar-refractivity contribution in [3.05, 3.63) is 60.3 Å². The molecule has 3 aromatic rings. The van der Waals surface area contributed by atoms with E-state index in [0.29, 0.717) is 22.4 Å². The van der Waals surface area contributed by atoms with Crippen LogP contribution in [0.3, 0.4) is 0 Å². The first-order valence-electron chi connectivity index (χ1n) is 8.54. The highest BCUT2D eigenvalue weighted by Gasteiger charge is 2.16. The predicted molar refractivity (Wildman–Crippen MR) is 106 cm³/mol. The number of thioether (sulfide) groups is 1. The molecule has 0 bridgehead atoms. The number of anilines is 2. The average molecular weight is 411 g/mol. The molecule has 0 aliphatic heterocycles. The van der Waals surface area contributed by atoms with Crippen LogP contribution in [-0.4, -0.2) is 44.7 Å². The lowest BCUT2D eigenvalue weighted by Gasteiger charge is -2.11. The molecule has 1 N–H and O–H groups in total. The standard InChI is InChI=1S/C19H17N5O4S/c1-3-27-17(25)14-10-22-19(29-2)24-16(14)23-12-4-6-13(7-5-12)28-18(26)15-11-20-8-9-21-15/h4-11H,3H2,1-2H3,(H,22,23,24). The van der Waals surface area contributed by atoms with Crippen LogP contribution < -0.4 is 10.1 Å². The van der Waals surface area contributed by atoms with E-state index in [4.69, 9.17) is 9.47 Å². The summed E-state index contributed by atoms with van der Waals surface area (Å²) in [6, 6.07) is 6.60. The van der Waals surface area contributed by atoms with Crippen LogP contribution >= 0.6 is 11.8 Å². The quantitative estimate of drug-likeness (QED) is 0.269. The van der Waals surface area contributed by atoms with Crippen molar-refractivity contribution in [2.24, 2.45) is 0 Å². The number of hydrogen-bond acceptors (Lipinski definition) is 10. The summed E-state index contributed by atoms with van der Waals surface area (Å²) in [5.74, 6) is -0.461. The van der Waals surface area contributed by atoms with Crippen LogP contribution in [0.2, 0.25) is 0 Å². The van der Waals surface area contributed by atoms with Gasteiger partial charge in [0.1, 0.15) is 17.1 Å². The van der Waals surface area contributed by atoms with Crippen LogP contribution in [0.5, 0.6) is 5.75 Å². The Balaban J connectivity index is 1.75. The van der Waals surface area contributed by atoms with E-state index < -0.39 is 11.9 Å². The largest absolute Gasteiger partial charge is 0.462 e. The number of hydrogen-bond donors (Lipinski definition) is 1. The summed E-state index contributed by atoms with van der Waals surface area (Å²) in [7, 11) is 0. The van der Waals surface area contributed by atoms with Gasteiger partial charge in [-0.2, -0.15) is 0 Å². The maximum atomic E-state index is 12.1. The van der Waals surface area contributed by atoms with Crippen LogP contribution in [-0.2, 0) is 4.74 Å². The van der Waals surface area contributed by atoms with Crippen molar-refractivity contribution < 1.29 is 19.1 Å². The van der Waals surface area contributed by atoms with Gasteiger partial charge in [-0.1, -0.05) is 11.8 Å². The SMILES string of the molecule is CCOC(=O)c1cnc(SC)nc1Nc1ccc(OC(=O)c2cnccn2)cc1. The van der Waals surface area contributed by atoms with E-state index in [-0.39, 0.29) is 17.9 Å². The number of benzene rings is 1. The maximum Gasteiger partial charge on any atom is 0.363 e. The van der Waals surface area contributed by atoms with Crippen molar-refractivity contribution >= 4 is 35.2 Å². The molecule has 0 spiro atoms. The van der Waals surface area contributed by atoms with Gasteiger partial charge in [0.05, 0.1) is 12.8 Å². The summed E-state index contributed by atoms with van der Waals surface area (Å²) in [6.45, 7) is 1.97. The zero-order valence-corrected chi connectivity index (χ0v) is 16.5. The second-order valence-corrected chi connectivity index (χ2v) is 6.24. The van der Waals surface area contributed by atoms with Gasteiger partial charge in [0.25, 0.3) is 0 Å². The van der Waals surface area contributed by atoms with Gasteiger partial charge < -0.3 is 14.8 Å². The highest BCUT2D eigenvalue weighted by molar-refractivity contribution is 7.98. The smallest absolute Gasteiger partial charge is 0.363 e. The Morgan fingerprint density at radius 3 is 2.52 bits per heavy atom. The number of rotatable bonds is 7. The summed E-state index contributed by atoms with van der Waals surface area (Å²) in [6.07, 6.45) is 7.47. The molecule has 0 amide bonds. The first kappa shape index (κ1) is 20.2. The molecule has 10 heteroatoms. The molecule has 0 fully saturated rings. The Kier molecular flexibility index (Phi) is 6.69. The fourth-order valence-electron chi connectivity index (χ4n) is 2.22. The number of nitrogens with zero attached hydrogens (tertiary/aromatic N) is 4. The molecule has 0 saturated carbocycles. The van der Waals surface area contributed by atoms with E-state index in [0.717, 1.165) is 0 Å². The van der Waals surface area contributed by atoms with Gasteiger partial charge in [-0.3, -0.25) is 4.98 Å². The highest BCUT2D eigenvalue weighted by Crippen LogP contribution is 2.24. The monoisotopic (exact) mass is 411 g/mol. The highest BCUT2D eigenvalue weighted by atomic mass is 32.2. The molecule has 9 nitrogen and oxygen atoms in total. The normalized spacial score (nSPS) is 10.3. The number of carbonyl (C=O) groups is 2. The summed E-state index contributed by atoms with van der Waals surface area (Å²) < 4.78 is 10.3. The molecule has 0 radical (unpaired) electrons. The molecule has 148 valence electrons. The summed E-state index contributed by atoms with van der Waals surface area (Å²) >= 11 is 1.35. The average Bonchev–Trinajstić information content (AvgIpc) is 2.75. The third kappa shape index (κ3) is 5.26. The summed E-state index contributed by atoms with van der Waals surface area (Å²) in [5, 5.41) is 3.58. The number of ether oxygens (including phenoxy) is 2. The molecule has 2 heterocycles. The Labute approximate surface area is 170 Å². The summed E-state index contributed by atoms with van der Waals surface area (Å²) in [5.41, 5.74) is 0.975. The van der Waals surface area contributed by atoms with Gasteiger partial charge in [-0.05, 0) is 37.4 Å². The molecule has 29 heavy (non-hydrogen) atoms.